The lowest BCUT2D eigenvalue weighted by Gasteiger charge is -2.30. The molecule has 0 saturated heterocycles. The first-order chi connectivity index (χ1) is 15.8. The number of hydrogen-bond acceptors (Lipinski definition) is 5. The molecular weight excluding hydrogens is 463 g/mol. The molecule has 1 saturated carbocycles. The molecule has 0 bridgehead atoms. The molecule has 2 aromatic rings. The average molecular weight is 486 g/mol. The van der Waals surface area contributed by atoms with E-state index < -0.39 is 23.9 Å². The summed E-state index contributed by atoms with van der Waals surface area (Å²) in [6, 6.07) is 6.45. The molecule has 0 atom stereocenters. The van der Waals surface area contributed by atoms with Gasteiger partial charge in [0.25, 0.3) is 11.8 Å². The topological polar surface area (TPSA) is 89.6 Å². The smallest absolute Gasteiger partial charge is 0.388 e. The third kappa shape index (κ3) is 7.24. The average Bonchev–Trinajstić information content (AvgIpc) is 3.23. The van der Waals surface area contributed by atoms with Crippen molar-refractivity contribution >= 4 is 23.4 Å². The van der Waals surface area contributed by atoms with E-state index >= 15 is 0 Å². The Hall–Kier alpha value is -3.01. The Morgan fingerprint density at radius 2 is 1.94 bits per heavy atom. The third-order valence-electron chi connectivity index (χ3n) is 5.32. The van der Waals surface area contributed by atoms with Crippen molar-refractivity contribution in [1.29, 1.82) is 0 Å². The van der Waals surface area contributed by atoms with Crippen molar-refractivity contribution in [3.05, 3.63) is 52.9 Å². The van der Waals surface area contributed by atoms with E-state index in [4.69, 9.17) is 16.3 Å². The van der Waals surface area contributed by atoms with Gasteiger partial charge in [-0.05, 0) is 37.5 Å². The van der Waals surface area contributed by atoms with Gasteiger partial charge < -0.3 is 20.1 Å². The molecule has 178 valence electrons. The minimum atomic E-state index is -2.99. The highest BCUT2D eigenvalue weighted by Crippen LogP contribution is 2.32. The van der Waals surface area contributed by atoms with Crippen LogP contribution in [0.4, 0.5) is 13.2 Å². The molecule has 0 spiro atoms. The van der Waals surface area contributed by atoms with E-state index in [-0.39, 0.29) is 41.3 Å². The number of rotatable bonds is 10. The van der Waals surface area contributed by atoms with Crippen LogP contribution in [-0.2, 0) is 4.79 Å². The van der Waals surface area contributed by atoms with Gasteiger partial charge >= 0.3 is 6.61 Å². The predicted molar refractivity (Wildman–Crippen MR) is 114 cm³/mol. The Morgan fingerprint density at radius 1 is 1.18 bits per heavy atom. The second-order valence-corrected chi connectivity index (χ2v) is 8.08. The van der Waals surface area contributed by atoms with E-state index in [9.17, 15) is 22.8 Å². The van der Waals surface area contributed by atoms with Gasteiger partial charge in [-0.2, -0.15) is 8.78 Å². The number of amides is 2. The van der Waals surface area contributed by atoms with E-state index in [1.807, 2.05) is 0 Å². The van der Waals surface area contributed by atoms with Crippen molar-refractivity contribution < 1.29 is 32.2 Å². The molecule has 2 N–H and O–H groups in total. The Kier molecular flexibility index (Phi) is 8.37. The van der Waals surface area contributed by atoms with Crippen LogP contribution in [0.1, 0.15) is 42.5 Å². The van der Waals surface area contributed by atoms with Crippen LogP contribution in [0, 0.1) is 5.82 Å². The van der Waals surface area contributed by atoms with Crippen molar-refractivity contribution in [2.75, 3.05) is 13.2 Å². The Bertz CT molecular complexity index is 970. The molecule has 3 rings (SSSR count). The molecule has 0 aliphatic heterocycles. The van der Waals surface area contributed by atoms with Gasteiger partial charge in [0.05, 0.1) is 10.6 Å². The minimum Gasteiger partial charge on any atom is -0.484 e. The van der Waals surface area contributed by atoms with Crippen LogP contribution in [0.3, 0.4) is 0 Å². The molecule has 33 heavy (non-hydrogen) atoms. The van der Waals surface area contributed by atoms with E-state index in [0.717, 1.165) is 37.9 Å². The molecule has 1 fully saturated rings. The first kappa shape index (κ1) is 24.6. The summed E-state index contributed by atoms with van der Waals surface area (Å²) in [6.07, 6.45) is 5.04. The maximum atomic E-state index is 13.5. The number of alkyl halides is 2. The summed E-state index contributed by atoms with van der Waals surface area (Å²) in [4.78, 5) is 28.4. The predicted octanol–water partition coefficient (Wildman–Crippen LogP) is 4.10. The maximum Gasteiger partial charge on any atom is 0.388 e. The van der Waals surface area contributed by atoms with Gasteiger partial charge in [0.1, 0.15) is 11.6 Å². The number of pyridine rings is 1. The highest BCUT2D eigenvalue weighted by Gasteiger charge is 2.35. The molecule has 1 aliphatic carbocycles. The van der Waals surface area contributed by atoms with Crippen LogP contribution < -0.4 is 20.1 Å². The molecule has 0 radical (unpaired) electrons. The van der Waals surface area contributed by atoms with Gasteiger partial charge in [-0.15, -0.1) is 0 Å². The fraction of sp³-hybridized carbons (Fsp3) is 0.409. The van der Waals surface area contributed by atoms with Gasteiger partial charge in [-0.1, -0.05) is 24.4 Å². The maximum absolute atomic E-state index is 13.5. The molecule has 1 aromatic heterocycles. The van der Waals surface area contributed by atoms with Crippen LogP contribution in [0.25, 0.3) is 0 Å². The number of aromatic nitrogens is 1. The summed E-state index contributed by atoms with van der Waals surface area (Å²) >= 11 is 5.63. The van der Waals surface area contributed by atoms with Crippen LogP contribution in [-0.4, -0.2) is 42.1 Å². The number of nitrogens with zero attached hydrogens (tertiary/aromatic N) is 1. The van der Waals surface area contributed by atoms with Crippen LogP contribution >= 0.6 is 11.6 Å². The zero-order valence-electron chi connectivity index (χ0n) is 17.6. The third-order valence-corrected chi connectivity index (χ3v) is 5.63. The van der Waals surface area contributed by atoms with Crippen LogP contribution in [0.15, 0.2) is 36.5 Å². The van der Waals surface area contributed by atoms with Crippen LogP contribution in [0.5, 0.6) is 11.6 Å². The van der Waals surface area contributed by atoms with E-state index in [2.05, 4.69) is 20.4 Å². The summed E-state index contributed by atoms with van der Waals surface area (Å²) in [6.45, 7) is -2.99. The fourth-order valence-corrected chi connectivity index (χ4v) is 3.85. The summed E-state index contributed by atoms with van der Waals surface area (Å²) in [5, 5.41) is 5.71. The van der Waals surface area contributed by atoms with Gasteiger partial charge in [0.15, 0.2) is 6.61 Å². The number of carbonyl (C=O) groups excluding carboxylic acids is 2. The van der Waals surface area contributed by atoms with Crippen molar-refractivity contribution in [3.63, 3.8) is 0 Å². The number of nitrogens with one attached hydrogen (secondary N) is 2. The Balaban J connectivity index is 1.48. The quantitative estimate of drug-likeness (QED) is 0.529. The zero-order chi connectivity index (χ0) is 23.8. The molecule has 1 heterocycles. The van der Waals surface area contributed by atoms with Crippen molar-refractivity contribution in [2.45, 2.75) is 44.3 Å². The number of hydrogen-bond donors (Lipinski definition) is 2. The second-order valence-electron chi connectivity index (χ2n) is 7.67. The first-order valence-corrected chi connectivity index (χ1v) is 10.7. The molecule has 0 unspecified atom stereocenters. The second kappa shape index (κ2) is 11.2. The number of ether oxygens (including phenoxy) is 2. The summed E-state index contributed by atoms with van der Waals surface area (Å²) < 4.78 is 47.4. The number of halogens is 4. The normalized spacial score (nSPS) is 14.7. The molecule has 1 aliphatic rings. The largest absolute Gasteiger partial charge is 0.484 e. The molecule has 11 heteroatoms. The lowest BCUT2D eigenvalue weighted by Crippen LogP contribution is -2.49. The molecule has 2 amide bonds. The minimum absolute atomic E-state index is 0.0352. The summed E-state index contributed by atoms with van der Waals surface area (Å²) in [5.41, 5.74) is -0.281. The number of benzene rings is 1. The zero-order valence-corrected chi connectivity index (χ0v) is 18.3. The highest BCUT2D eigenvalue weighted by atomic mass is 35.5. The Morgan fingerprint density at radius 3 is 2.58 bits per heavy atom. The number of carbonyl (C=O) groups is 2. The SMILES string of the molecule is O=C(COc1ccc(Cl)c(F)c1)NC1(CCNC(=O)c2ccc(OC(F)F)nc2)CCCC1. The Labute approximate surface area is 193 Å². The van der Waals surface area contributed by atoms with Crippen molar-refractivity contribution in [2.24, 2.45) is 0 Å². The van der Waals surface area contributed by atoms with Gasteiger partial charge in [-0.25, -0.2) is 9.37 Å². The van der Waals surface area contributed by atoms with E-state index in [0.29, 0.717) is 6.42 Å². The van der Waals surface area contributed by atoms with Crippen LogP contribution in [0.2, 0.25) is 5.02 Å². The van der Waals surface area contributed by atoms with E-state index in [1.165, 1.54) is 24.3 Å². The lowest BCUT2D eigenvalue weighted by atomic mass is 9.93. The van der Waals surface area contributed by atoms with E-state index in [1.54, 1.807) is 0 Å². The lowest BCUT2D eigenvalue weighted by molar-refractivity contribution is -0.125. The fourth-order valence-electron chi connectivity index (χ4n) is 3.73. The monoisotopic (exact) mass is 485 g/mol. The molecule has 1 aromatic carbocycles. The summed E-state index contributed by atoms with van der Waals surface area (Å²) in [5.74, 6) is -1.49. The first-order valence-electron chi connectivity index (χ1n) is 10.3. The highest BCUT2D eigenvalue weighted by molar-refractivity contribution is 6.30. The van der Waals surface area contributed by atoms with Gasteiger partial charge in [-0.3, -0.25) is 9.59 Å². The molecular formula is C22H23ClF3N3O4. The summed E-state index contributed by atoms with van der Waals surface area (Å²) in [7, 11) is 0. The molecule has 7 nitrogen and oxygen atoms in total. The van der Waals surface area contributed by atoms with Crippen molar-refractivity contribution in [1.82, 2.24) is 15.6 Å². The van der Waals surface area contributed by atoms with Gasteiger partial charge in [0, 0.05) is 30.4 Å². The van der Waals surface area contributed by atoms with Gasteiger partial charge in [0.2, 0.25) is 5.88 Å². The van der Waals surface area contributed by atoms with Crippen molar-refractivity contribution in [3.8, 4) is 11.6 Å². The standard InChI is InChI=1S/C22H23ClF3N3O4/c23-16-5-4-15(11-17(16)24)32-13-18(30)29-22(7-1-2-8-22)9-10-27-20(31)14-3-6-19(28-12-14)33-21(25)26/h3-6,11-12,21H,1-2,7-10,13H2,(H,27,31)(H,29,30).